The van der Waals surface area contributed by atoms with Crippen molar-refractivity contribution in [3.63, 3.8) is 0 Å². The second kappa shape index (κ2) is 8.40. The van der Waals surface area contributed by atoms with Gasteiger partial charge in [-0.3, -0.25) is 4.79 Å². The lowest BCUT2D eigenvalue weighted by atomic mass is 10.0. The molecule has 3 nitrogen and oxygen atoms in total. The van der Waals surface area contributed by atoms with Crippen LogP contribution in [0.2, 0.25) is 0 Å². The number of carbonyl (C=O) groups is 1. The molecule has 0 atom stereocenters. The Morgan fingerprint density at radius 1 is 1.07 bits per heavy atom. The number of hydrogen-bond acceptors (Lipinski definition) is 3. The fraction of sp³-hybridized carbons (Fsp3) is 0.261. The predicted octanol–water partition coefficient (Wildman–Crippen LogP) is 6.32. The van der Waals surface area contributed by atoms with Crippen LogP contribution in [-0.4, -0.2) is 5.91 Å². The standard InChI is InChI=1S/C23H25NO2S/c1-15(2)19-7-9-20(10-8-19)24-23(25)22-12-18(14-27-22)13-26-21-11-16(3)5-6-17(21)4/h5-12,14-15H,13H2,1-4H3,(H,24,25). The van der Waals surface area contributed by atoms with Gasteiger partial charge in [0.2, 0.25) is 0 Å². The summed E-state index contributed by atoms with van der Waals surface area (Å²) in [6.45, 7) is 8.85. The van der Waals surface area contributed by atoms with Gasteiger partial charge in [-0.25, -0.2) is 0 Å². The van der Waals surface area contributed by atoms with Crippen molar-refractivity contribution in [2.45, 2.75) is 40.2 Å². The van der Waals surface area contributed by atoms with Gasteiger partial charge < -0.3 is 10.1 Å². The van der Waals surface area contributed by atoms with Crippen molar-refractivity contribution in [1.82, 2.24) is 0 Å². The SMILES string of the molecule is Cc1ccc(C)c(OCc2csc(C(=O)Nc3ccc(C(C)C)cc3)c2)c1. The molecule has 0 radical (unpaired) electrons. The molecule has 1 aromatic heterocycles. The van der Waals surface area contributed by atoms with Crippen LogP contribution in [0.1, 0.15) is 51.7 Å². The average molecular weight is 380 g/mol. The molecule has 0 aliphatic carbocycles. The molecule has 3 aromatic rings. The van der Waals surface area contributed by atoms with Crippen LogP contribution >= 0.6 is 11.3 Å². The molecule has 0 saturated carbocycles. The summed E-state index contributed by atoms with van der Waals surface area (Å²) in [6.07, 6.45) is 0. The van der Waals surface area contributed by atoms with Crippen molar-refractivity contribution >= 4 is 22.9 Å². The van der Waals surface area contributed by atoms with Crippen molar-refractivity contribution in [3.8, 4) is 5.75 Å². The van der Waals surface area contributed by atoms with Crippen molar-refractivity contribution in [3.05, 3.63) is 81.0 Å². The van der Waals surface area contributed by atoms with E-state index in [0.717, 1.165) is 22.6 Å². The Morgan fingerprint density at radius 2 is 1.81 bits per heavy atom. The molecule has 0 fully saturated rings. The van der Waals surface area contributed by atoms with Gasteiger partial charge in [0.15, 0.2) is 0 Å². The normalized spacial score (nSPS) is 10.9. The second-order valence-electron chi connectivity index (χ2n) is 7.11. The molecule has 2 aromatic carbocycles. The minimum absolute atomic E-state index is 0.0877. The number of carbonyl (C=O) groups excluding carboxylic acids is 1. The lowest BCUT2D eigenvalue weighted by Crippen LogP contribution is -2.10. The summed E-state index contributed by atoms with van der Waals surface area (Å²) in [5, 5.41) is 4.93. The summed E-state index contributed by atoms with van der Waals surface area (Å²) in [7, 11) is 0. The van der Waals surface area contributed by atoms with E-state index >= 15 is 0 Å². The van der Waals surface area contributed by atoms with Crippen LogP contribution in [0.5, 0.6) is 5.75 Å². The first-order valence-corrected chi connectivity index (χ1v) is 9.99. The molecular formula is C23H25NO2S. The van der Waals surface area contributed by atoms with E-state index in [-0.39, 0.29) is 5.91 Å². The quantitative estimate of drug-likeness (QED) is 0.544. The summed E-state index contributed by atoms with van der Waals surface area (Å²) in [4.78, 5) is 13.2. The maximum absolute atomic E-state index is 12.5. The smallest absolute Gasteiger partial charge is 0.265 e. The molecule has 3 rings (SSSR count). The molecule has 0 unspecified atom stereocenters. The van der Waals surface area contributed by atoms with Crippen LogP contribution in [-0.2, 0) is 6.61 Å². The van der Waals surface area contributed by atoms with Crippen LogP contribution in [0.4, 0.5) is 5.69 Å². The molecule has 4 heteroatoms. The first kappa shape index (κ1) is 19.2. The maximum Gasteiger partial charge on any atom is 0.265 e. The van der Waals surface area contributed by atoms with Gasteiger partial charge in [0.25, 0.3) is 5.91 Å². The largest absolute Gasteiger partial charge is 0.489 e. The van der Waals surface area contributed by atoms with Crippen LogP contribution in [0, 0.1) is 13.8 Å². The Labute approximate surface area is 165 Å². The molecule has 1 heterocycles. The van der Waals surface area contributed by atoms with Crippen LogP contribution in [0.15, 0.2) is 53.9 Å². The van der Waals surface area contributed by atoms with E-state index in [1.807, 2.05) is 43.5 Å². The van der Waals surface area contributed by atoms with E-state index < -0.39 is 0 Å². The highest BCUT2D eigenvalue weighted by molar-refractivity contribution is 7.12. The van der Waals surface area contributed by atoms with E-state index in [9.17, 15) is 4.79 Å². The van der Waals surface area contributed by atoms with E-state index in [1.165, 1.54) is 22.5 Å². The summed E-state index contributed by atoms with van der Waals surface area (Å²) in [5.74, 6) is 1.28. The summed E-state index contributed by atoms with van der Waals surface area (Å²) in [5.41, 5.74) is 5.35. The molecule has 27 heavy (non-hydrogen) atoms. The van der Waals surface area contributed by atoms with E-state index in [2.05, 4.69) is 43.4 Å². The molecule has 0 bridgehead atoms. The monoisotopic (exact) mass is 379 g/mol. The lowest BCUT2D eigenvalue weighted by Gasteiger charge is -2.09. The third kappa shape index (κ3) is 4.98. The molecule has 0 aliphatic rings. The van der Waals surface area contributed by atoms with Crippen LogP contribution in [0.25, 0.3) is 0 Å². The zero-order chi connectivity index (χ0) is 19.4. The van der Waals surface area contributed by atoms with Crippen molar-refractivity contribution < 1.29 is 9.53 Å². The van der Waals surface area contributed by atoms with Gasteiger partial charge in [-0.15, -0.1) is 11.3 Å². The van der Waals surface area contributed by atoms with Crippen molar-refractivity contribution in [1.29, 1.82) is 0 Å². The van der Waals surface area contributed by atoms with E-state index in [4.69, 9.17) is 4.74 Å². The highest BCUT2D eigenvalue weighted by atomic mass is 32.1. The van der Waals surface area contributed by atoms with Gasteiger partial charge in [-0.1, -0.05) is 38.1 Å². The first-order chi connectivity index (χ1) is 12.9. The minimum Gasteiger partial charge on any atom is -0.489 e. The number of nitrogens with one attached hydrogen (secondary N) is 1. The van der Waals surface area contributed by atoms with Gasteiger partial charge in [0.05, 0.1) is 4.88 Å². The molecule has 1 amide bonds. The average Bonchev–Trinajstić information content (AvgIpc) is 3.12. The minimum atomic E-state index is -0.0877. The Bertz CT molecular complexity index is 926. The highest BCUT2D eigenvalue weighted by Crippen LogP contribution is 2.23. The Kier molecular flexibility index (Phi) is 5.97. The van der Waals surface area contributed by atoms with Crippen molar-refractivity contribution in [2.75, 3.05) is 5.32 Å². The third-order valence-corrected chi connectivity index (χ3v) is 5.43. The summed E-state index contributed by atoms with van der Waals surface area (Å²) >= 11 is 1.44. The van der Waals surface area contributed by atoms with Crippen molar-refractivity contribution in [2.24, 2.45) is 0 Å². The van der Waals surface area contributed by atoms with Gasteiger partial charge in [-0.05, 0) is 66.1 Å². The predicted molar refractivity (Wildman–Crippen MR) is 113 cm³/mol. The Balaban J connectivity index is 1.61. The van der Waals surface area contributed by atoms with Gasteiger partial charge in [0, 0.05) is 11.3 Å². The first-order valence-electron chi connectivity index (χ1n) is 9.11. The number of aryl methyl sites for hydroxylation is 2. The zero-order valence-electron chi connectivity index (χ0n) is 16.2. The summed E-state index contributed by atoms with van der Waals surface area (Å²) in [6, 6.07) is 16.1. The van der Waals surface area contributed by atoms with Crippen LogP contribution < -0.4 is 10.1 Å². The number of anilines is 1. The van der Waals surface area contributed by atoms with Gasteiger partial charge in [0.1, 0.15) is 12.4 Å². The van der Waals surface area contributed by atoms with Crippen LogP contribution in [0.3, 0.4) is 0 Å². The Hall–Kier alpha value is -2.59. The van der Waals surface area contributed by atoms with E-state index in [1.54, 1.807) is 0 Å². The number of benzene rings is 2. The number of hydrogen-bond donors (Lipinski definition) is 1. The topological polar surface area (TPSA) is 38.3 Å². The van der Waals surface area contributed by atoms with Gasteiger partial charge in [-0.2, -0.15) is 0 Å². The molecule has 1 N–H and O–H groups in total. The fourth-order valence-electron chi connectivity index (χ4n) is 2.74. The molecular weight excluding hydrogens is 354 g/mol. The number of amides is 1. The number of ether oxygens (including phenoxy) is 1. The molecule has 140 valence electrons. The second-order valence-corrected chi connectivity index (χ2v) is 8.02. The number of thiophene rings is 1. The lowest BCUT2D eigenvalue weighted by molar-refractivity contribution is 0.103. The molecule has 0 aliphatic heterocycles. The Morgan fingerprint density at radius 3 is 2.52 bits per heavy atom. The van der Waals surface area contributed by atoms with Gasteiger partial charge >= 0.3 is 0 Å². The maximum atomic E-state index is 12.5. The number of rotatable bonds is 6. The zero-order valence-corrected chi connectivity index (χ0v) is 17.0. The third-order valence-electron chi connectivity index (χ3n) is 4.45. The fourth-order valence-corrected chi connectivity index (χ4v) is 3.53. The summed E-state index contributed by atoms with van der Waals surface area (Å²) < 4.78 is 5.93. The molecule has 0 spiro atoms. The molecule has 0 saturated heterocycles. The highest BCUT2D eigenvalue weighted by Gasteiger charge is 2.11. The van der Waals surface area contributed by atoms with E-state index in [0.29, 0.717) is 17.4 Å².